The predicted octanol–water partition coefficient (Wildman–Crippen LogP) is 1.37. The van der Waals surface area contributed by atoms with Crippen LogP contribution in [0.2, 0.25) is 5.15 Å². The number of halogens is 1. The first kappa shape index (κ1) is 9.99. The molecule has 0 saturated carbocycles. The van der Waals surface area contributed by atoms with Gasteiger partial charge in [-0.05, 0) is 17.7 Å². The molecule has 0 fully saturated rings. The molecule has 0 aliphatic rings. The molecule has 0 aliphatic carbocycles. The second kappa shape index (κ2) is 4.23. The molecule has 0 saturated heterocycles. The van der Waals surface area contributed by atoms with Crippen molar-refractivity contribution in [1.29, 1.82) is 0 Å². The zero-order chi connectivity index (χ0) is 9.84. The van der Waals surface area contributed by atoms with Crippen LogP contribution < -0.4 is 0 Å². The first-order chi connectivity index (χ1) is 6.09. The van der Waals surface area contributed by atoms with Gasteiger partial charge in [0, 0.05) is 20.3 Å². The van der Waals surface area contributed by atoms with E-state index in [-0.39, 0.29) is 5.91 Å². The fourth-order valence-corrected chi connectivity index (χ4v) is 1.08. The van der Waals surface area contributed by atoms with Crippen molar-refractivity contribution in [3.8, 4) is 0 Å². The molecule has 0 radical (unpaired) electrons. The highest BCUT2D eigenvalue weighted by Gasteiger charge is 2.05. The Bertz CT molecular complexity index is 312. The maximum atomic E-state index is 11.3. The van der Waals surface area contributed by atoms with E-state index < -0.39 is 0 Å². The molecule has 0 aromatic carbocycles. The van der Waals surface area contributed by atoms with Crippen LogP contribution >= 0.6 is 11.6 Å². The second-order valence-electron chi connectivity index (χ2n) is 2.95. The van der Waals surface area contributed by atoms with Gasteiger partial charge in [-0.2, -0.15) is 0 Å². The van der Waals surface area contributed by atoms with Gasteiger partial charge in [0.1, 0.15) is 5.15 Å². The number of carbonyl (C=O) groups is 1. The SMILES string of the molecule is CN(C)C(=O)Cc1ccnc(Cl)c1. The number of amides is 1. The lowest BCUT2D eigenvalue weighted by Crippen LogP contribution is -2.23. The summed E-state index contributed by atoms with van der Waals surface area (Å²) in [4.78, 5) is 16.7. The molecule has 1 heterocycles. The minimum atomic E-state index is 0.0577. The molecule has 4 heteroatoms. The van der Waals surface area contributed by atoms with E-state index in [9.17, 15) is 4.79 Å². The van der Waals surface area contributed by atoms with Gasteiger partial charge >= 0.3 is 0 Å². The third-order valence-electron chi connectivity index (χ3n) is 1.65. The van der Waals surface area contributed by atoms with E-state index >= 15 is 0 Å². The molecule has 1 amide bonds. The Morgan fingerprint density at radius 1 is 1.62 bits per heavy atom. The van der Waals surface area contributed by atoms with Crippen molar-refractivity contribution in [1.82, 2.24) is 9.88 Å². The van der Waals surface area contributed by atoms with Crippen molar-refractivity contribution in [2.45, 2.75) is 6.42 Å². The Morgan fingerprint density at radius 3 is 2.85 bits per heavy atom. The average Bonchev–Trinajstić information content (AvgIpc) is 2.04. The van der Waals surface area contributed by atoms with Crippen LogP contribution in [0.1, 0.15) is 5.56 Å². The molecular formula is C9H11ClN2O. The average molecular weight is 199 g/mol. The summed E-state index contributed by atoms with van der Waals surface area (Å²) in [7, 11) is 3.45. The third-order valence-corrected chi connectivity index (χ3v) is 1.85. The topological polar surface area (TPSA) is 33.2 Å². The Labute approximate surface area is 82.3 Å². The molecule has 1 rings (SSSR count). The Balaban J connectivity index is 2.69. The van der Waals surface area contributed by atoms with Crippen LogP contribution in [-0.2, 0) is 11.2 Å². The molecule has 3 nitrogen and oxygen atoms in total. The van der Waals surface area contributed by atoms with Gasteiger partial charge in [-0.3, -0.25) is 4.79 Å². The van der Waals surface area contributed by atoms with Crippen LogP contribution in [0.15, 0.2) is 18.3 Å². The molecule has 1 aromatic heterocycles. The van der Waals surface area contributed by atoms with E-state index in [1.165, 1.54) is 0 Å². The lowest BCUT2D eigenvalue weighted by atomic mass is 10.2. The van der Waals surface area contributed by atoms with Gasteiger partial charge < -0.3 is 4.90 Å². The zero-order valence-corrected chi connectivity index (χ0v) is 8.38. The number of pyridine rings is 1. The summed E-state index contributed by atoms with van der Waals surface area (Å²) in [6.45, 7) is 0. The lowest BCUT2D eigenvalue weighted by molar-refractivity contribution is -0.127. The minimum Gasteiger partial charge on any atom is -0.349 e. The first-order valence-electron chi connectivity index (χ1n) is 3.90. The van der Waals surface area contributed by atoms with E-state index in [4.69, 9.17) is 11.6 Å². The van der Waals surface area contributed by atoms with E-state index in [2.05, 4.69) is 4.98 Å². The van der Waals surface area contributed by atoms with Crippen molar-refractivity contribution in [2.24, 2.45) is 0 Å². The van der Waals surface area contributed by atoms with Crippen molar-refractivity contribution < 1.29 is 4.79 Å². The summed E-state index contributed by atoms with van der Waals surface area (Å²) >= 11 is 5.67. The van der Waals surface area contributed by atoms with Gasteiger partial charge in [-0.25, -0.2) is 4.98 Å². The Morgan fingerprint density at radius 2 is 2.31 bits per heavy atom. The number of rotatable bonds is 2. The molecule has 13 heavy (non-hydrogen) atoms. The second-order valence-corrected chi connectivity index (χ2v) is 3.34. The van der Waals surface area contributed by atoms with E-state index in [0.717, 1.165) is 5.56 Å². The van der Waals surface area contributed by atoms with Crippen LogP contribution in [0.4, 0.5) is 0 Å². The summed E-state index contributed by atoms with van der Waals surface area (Å²) in [5.74, 6) is 0.0577. The van der Waals surface area contributed by atoms with Crippen molar-refractivity contribution in [3.05, 3.63) is 29.0 Å². The molecule has 0 atom stereocenters. The van der Waals surface area contributed by atoms with Gasteiger partial charge in [0.05, 0.1) is 6.42 Å². The normalized spacial score (nSPS) is 9.77. The molecule has 0 bridgehead atoms. The van der Waals surface area contributed by atoms with Crippen LogP contribution in [0.5, 0.6) is 0 Å². The predicted molar refractivity (Wildman–Crippen MR) is 51.6 cm³/mol. The maximum absolute atomic E-state index is 11.3. The fraction of sp³-hybridized carbons (Fsp3) is 0.333. The Hall–Kier alpha value is -1.09. The fourth-order valence-electron chi connectivity index (χ4n) is 0.885. The summed E-state index contributed by atoms with van der Waals surface area (Å²) in [6.07, 6.45) is 1.97. The molecule has 0 aliphatic heterocycles. The maximum Gasteiger partial charge on any atom is 0.226 e. The number of aromatic nitrogens is 1. The van der Waals surface area contributed by atoms with Crippen LogP contribution in [-0.4, -0.2) is 29.9 Å². The largest absolute Gasteiger partial charge is 0.349 e. The van der Waals surface area contributed by atoms with Gasteiger partial charge in [0.2, 0.25) is 5.91 Å². The monoisotopic (exact) mass is 198 g/mol. The third kappa shape index (κ3) is 3.03. The van der Waals surface area contributed by atoms with Gasteiger partial charge in [-0.15, -0.1) is 0 Å². The number of nitrogens with zero attached hydrogens (tertiary/aromatic N) is 2. The van der Waals surface area contributed by atoms with Crippen molar-refractivity contribution >= 4 is 17.5 Å². The number of hydrogen-bond donors (Lipinski definition) is 0. The molecule has 0 unspecified atom stereocenters. The molecular weight excluding hydrogens is 188 g/mol. The number of hydrogen-bond acceptors (Lipinski definition) is 2. The highest BCUT2D eigenvalue weighted by atomic mass is 35.5. The molecule has 0 spiro atoms. The Kier molecular flexibility index (Phi) is 3.25. The van der Waals surface area contributed by atoms with Crippen LogP contribution in [0.3, 0.4) is 0 Å². The smallest absolute Gasteiger partial charge is 0.226 e. The molecule has 70 valence electrons. The van der Waals surface area contributed by atoms with Crippen LogP contribution in [0.25, 0.3) is 0 Å². The standard InChI is InChI=1S/C9H11ClN2O/c1-12(2)9(13)6-7-3-4-11-8(10)5-7/h3-5H,6H2,1-2H3. The first-order valence-corrected chi connectivity index (χ1v) is 4.28. The summed E-state index contributed by atoms with van der Waals surface area (Å²) < 4.78 is 0. The summed E-state index contributed by atoms with van der Waals surface area (Å²) in [6, 6.07) is 3.48. The molecule has 0 N–H and O–H groups in total. The van der Waals surface area contributed by atoms with Crippen LogP contribution in [0, 0.1) is 0 Å². The highest BCUT2D eigenvalue weighted by Crippen LogP contribution is 2.07. The minimum absolute atomic E-state index is 0.0577. The van der Waals surface area contributed by atoms with Crippen molar-refractivity contribution in [3.63, 3.8) is 0 Å². The highest BCUT2D eigenvalue weighted by molar-refractivity contribution is 6.29. The van der Waals surface area contributed by atoms with Gasteiger partial charge in [0.15, 0.2) is 0 Å². The zero-order valence-electron chi connectivity index (χ0n) is 7.62. The quantitative estimate of drug-likeness (QED) is 0.673. The molecule has 1 aromatic rings. The number of carbonyl (C=O) groups excluding carboxylic acids is 1. The van der Waals surface area contributed by atoms with E-state index in [1.54, 1.807) is 37.3 Å². The van der Waals surface area contributed by atoms with E-state index in [0.29, 0.717) is 11.6 Å². The van der Waals surface area contributed by atoms with Gasteiger partial charge in [-0.1, -0.05) is 11.6 Å². The van der Waals surface area contributed by atoms with Crippen molar-refractivity contribution in [2.75, 3.05) is 14.1 Å². The lowest BCUT2D eigenvalue weighted by Gasteiger charge is -2.09. The summed E-state index contributed by atoms with van der Waals surface area (Å²) in [5, 5.41) is 0.420. The summed E-state index contributed by atoms with van der Waals surface area (Å²) in [5.41, 5.74) is 0.888. The van der Waals surface area contributed by atoms with Gasteiger partial charge in [0.25, 0.3) is 0 Å². The van der Waals surface area contributed by atoms with E-state index in [1.807, 2.05) is 0 Å². The number of likely N-dealkylation sites (N-methyl/N-ethyl adjacent to an activating group) is 1.